The summed E-state index contributed by atoms with van der Waals surface area (Å²) in [7, 11) is -1.46. The van der Waals surface area contributed by atoms with Crippen LogP contribution in [0.15, 0.2) is 36.8 Å². The molecular weight excluding hydrogens is 994 g/mol. The molecule has 1 aliphatic rings. The number of carbonyl (C=O) groups is 3. The molecule has 0 aromatic carbocycles. The van der Waals surface area contributed by atoms with Crippen molar-refractivity contribution >= 4 is 87.8 Å². The fraction of sp³-hybridized carbons (Fsp3) is 0.553. The first kappa shape index (κ1) is 58.3. The van der Waals surface area contributed by atoms with E-state index in [2.05, 4.69) is 89.2 Å². The van der Waals surface area contributed by atoms with Gasteiger partial charge in [-0.2, -0.15) is 15.3 Å². The molecule has 1 fully saturated rings. The SMILES string of the molecule is COC(=O)c1nn(COCC[Si](C)(C)C)c2ncc(B3OC(C)(C)C(C)(C)O3)cc12.COC(=O)c1nn(COCC[Si](C)(C)C)c2ncc(O)cc12.C[Si](C)(C)CCOCn1nc(C(=O)O)c2cc(O)cnc21. The molecule has 3 N–H and O–H groups in total. The number of ether oxygens (including phenoxy) is 5. The summed E-state index contributed by atoms with van der Waals surface area (Å²) in [5.74, 6) is -2.37. The molecule has 398 valence electrons. The van der Waals surface area contributed by atoms with Gasteiger partial charge in [-0.1, -0.05) is 58.9 Å². The quantitative estimate of drug-likeness (QED) is 0.0411. The van der Waals surface area contributed by atoms with Crippen molar-refractivity contribution in [3.05, 3.63) is 53.9 Å². The predicted molar refractivity (Wildman–Crippen MR) is 284 cm³/mol. The van der Waals surface area contributed by atoms with E-state index in [0.717, 1.165) is 23.6 Å². The lowest BCUT2D eigenvalue weighted by Crippen LogP contribution is -2.41. The van der Waals surface area contributed by atoms with E-state index < -0.39 is 60.5 Å². The van der Waals surface area contributed by atoms with Gasteiger partial charge in [0.15, 0.2) is 34.0 Å². The molecule has 1 aliphatic heterocycles. The zero-order chi connectivity index (χ0) is 54.3. The van der Waals surface area contributed by atoms with E-state index >= 15 is 0 Å². The Bertz CT molecular complexity index is 2870. The van der Waals surface area contributed by atoms with Crippen molar-refractivity contribution in [1.29, 1.82) is 0 Å². The highest BCUT2D eigenvalue weighted by Crippen LogP contribution is 2.37. The van der Waals surface area contributed by atoms with Gasteiger partial charge in [0.25, 0.3) is 0 Å². The summed E-state index contributed by atoms with van der Waals surface area (Å²) in [6, 6.07) is 7.74. The number of hydrogen-bond donors (Lipinski definition) is 3. The van der Waals surface area contributed by atoms with Crippen LogP contribution in [0.4, 0.5) is 0 Å². The maximum absolute atomic E-state index is 12.3. The van der Waals surface area contributed by atoms with Gasteiger partial charge in [0.1, 0.15) is 31.7 Å². The maximum Gasteiger partial charge on any atom is 0.496 e. The molecule has 0 amide bonds. The summed E-state index contributed by atoms with van der Waals surface area (Å²) in [4.78, 5) is 48.0. The third-order valence-electron chi connectivity index (χ3n) is 11.9. The van der Waals surface area contributed by atoms with Crippen molar-refractivity contribution in [2.45, 2.75) is 136 Å². The van der Waals surface area contributed by atoms with Crippen LogP contribution in [-0.4, -0.2) is 154 Å². The second-order valence-corrected chi connectivity index (χ2v) is 39.1. The molecule has 6 aromatic heterocycles. The van der Waals surface area contributed by atoms with Gasteiger partial charge in [-0.3, -0.25) is 0 Å². The summed E-state index contributed by atoms with van der Waals surface area (Å²) >= 11 is 0. The zero-order valence-corrected chi connectivity index (χ0v) is 47.9. The minimum Gasteiger partial charge on any atom is -0.506 e. The monoisotopic (exact) mass is 1070 g/mol. The molecule has 26 heteroatoms. The lowest BCUT2D eigenvalue weighted by molar-refractivity contribution is 0.00578. The van der Waals surface area contributed by atoms with E-state index in [4.69, 9.17) is 38.1 Å². The second-order valence-electron chi connectivity index (χ2n) is 22.2. The number of aromatic nitrogens is 9. The average Bonchev–Trinajstić information content (AvgIpc) is 4.02. The average molecular weight is 1070 g/mol. The van der Waals surface area contributed by atoms with Crippen LogP contribution in [0.3, 0.4) is 0 Å². The Morgan fingerprint density at radius 1 is 0.562 bits per heavy atom. The normalized spacial score (nSPS) is 14.5. The molecule has 22 nitrogen and oxygen atoms in total. The predicted octanol–water partition coefficient (Wildman–Crippen LogP) is 7.21. The highest BCUT2D eigenvalue weighted by Gasteiger charge is 2.52. The van der Waals surface area contributed by atoms with Gasteiger partial charge >= 0.3 is 25.0 Å². The van der Waals surface area contributed by atoms with E-state index in [-0.39, 0.29) is 48.8 Å². The highest BCUT2D eigenvalue weighted by molar-refractivity contribution is 6.76. The van der Waals surface area contributed by atoms with Crippen molar-refractivity contribution in [2.24, 2.45) is 0 Å². The van der Waals surface area contributed by atoms with Crippen molar-refractivity contribution < 1.29 is 62.7 Å². The third-order valence-corrected chi connectivity index (χ3v) is 17.0. The molecule has 6 aromatic rings. The molecule has 7 heterocycles. The largest absolute Gasteiger partial charge is 0.506 e. The first-order valence-corrected chi connectivity index (χ1v) is 35.0. The fourth-order valence-corrected chi connectivity index (χ4v) is 9.06. The van der Waals surface area contributed by atoms with E-state index in [0.29, 0.717) is 52.9 Å². The van der Waals surface area contributed by atoms with Crippen LogP contribution in [0.2, 0.25) is 77.1 Å². The number of pyridine rings is 3. The van der Waals surface area contributed by atoms with E-state index in [9.17, 15) is 24.6 Å². The fourth-order valence-electron chi connectivity index (χ4n) is 6.79. The highest BCUT2D eigenvalue weighted by atomic mass is 28.3. The summed E-state index contributed by atoms with van der Waals surface area (Å²) in [6.45, 7) is 30.9. The van der Waals surface area contributed by atoms with Gasteiger partial charge in [0.05, 0.1) is 54.0 Å². The first-order valence-electron chi connectivity index (χ1n) is 23.9. The number of hydrogen-bond acceptors (Lipinski definition) is 18. The standard InChI is InChI=1S/C20H32BN3O5Si.C14H21N3O4Si.C13H19N3O4Si/c1-19(2)20(3,4)29-21(28-19)14-11-15-16(18(25)26-5)23-24(17(15)22-12-14)13-27-9-10-30(6,7)8;1-20-14(19)12-11-7-10(18)8-15-13(11)17(16-12)9-21-5-6-22(2,3)4;1-21(2,3)5-4-20-8-16-12-10(6-9(17)7-14-12)11(15-16)13(18)19/h11-12H,9-10,13H2,1-8H3;7-8,18H,5-6,9H2,1-4H3;6-7,17H,4-5,8H2,1-3H3,(H,18,19). The van der Waals surface area contributed by atoms with E-state index in [1.165, 1.54) is 48.1 Å². The van der Waals surface area contributed by atoms with Crippen LogP contribution in [0.1, 0.15) is 59.2 Å². The van der Waals surface area contributed by atoms with Crippen molar-refractivity contribution in [2.75, 3.05) is 34.0 Å². The first-order chi connectivity index (χ1) is 33.9. The van der Waals surface area contributed by atoms with Crippen LogP contribution in [0, 0.1) is 0 Å². The Balaban J connectivity index is 0.000000208. The number of carboxylic acids is 1. The third kappa shape index (κ3) is 15.7. The molecule has 0 saturated carbocycles. The van der Waals surface area contributed by atoms with Crippen molar-refractivity contribution in [3.63, 3.8) is 0 Å². The Hall–Kier alpha value is -5.61. The van der Waals surface area contributed by atoms with Gasteiger partial charge in [0, 0.05) is 55.7 Å². The summed E-state index contributed by atoms with van der Waals surface area (Å²) in [6.07, 6.45) is 4.27. The Kier molecular flexibility index (Phi) is 18.9. The minimum absolute atomic E-state index is 0.0307. The lowest BCUT2D eigenvalue weighted by Gasteiger charge is -2.32. The van der Waals surface area contributed by atoms with Gasteiger partial charge < -0.3 is 48.3 Å². The molecule has 0 bridgehead atoms. The number of nitrogens with zero attached hydrogens (tertiary/aromatic N) is 9. The van der Waals surface area contributed by atoms with Crippen LogP contribution < -0.4 is 5.46 Å². The molecule has 0 radical (unpaired) electrons. The Morgan fingerprint density at radius 3 is 1.23 bits per heavy atom. The molecular formula is C47H72BN9O13Si3. The number of fused-ring (bicyclic) bond motifs is 3. The number of aromatic carboxylic acids is 1. The topological polar surface area (TPSA) is 269 Å². The van der Waals surface area contributed by atoms with Gasteiger partial charge in [-0.15, -0.1) is 0 Å². The molecule has 0 spiro atoms. The lowest BCUT2D eigenvalue weighted by atomic mass is 9.80. The number of carbonyl (C=O) groups excluding carboxylic acids is 2. The van der Waals surface area contributed by atoms with Crippen LogP contribution in [0.25, 0.3) is 33.1 Å². The van der Waals surface area contributed by atoms with Crippen LogP contribution in [0.5, 0.6) is 11.5 Å². The van der Waals surface area contributed by atoms with Crippen molar-refractivity contribution in [3.8, 4) is 11.5 Å². The molecule has 0 atom stereocenters. The zero-order valence-electron chi connectivity index (χ0n) is 44.9. The molecule has 1 saturated heterocycles. The number of esters is 2. The van der Waals surface area contributed by atoms with Crippen molar-refractivity contribution in [1.82, 2.24) is 44.3 Å². The maximum atomic E-state index is 12.3. The summed E-state index contributed by atoms with van der Waals surface area (Å²) < 4.78 is 43.4. The number of carboxylic acid groups (broad SMARTS) is 1. The number of methoxy groups -OCH3 is 2. The van der Waals surface area contributed by atoms with Gasteiger partial charge in [-0.05, 0) is 64.0 Å². The minimum atomic E-state index is -1.19. The number of rotatable bonds is 19. The van der Waals surface area contributed by atoms with E-state index in [1.807, 2.05) is 33.8 Å². The van der Waals surface area contributed by atoms with Gasteiger partial charge in [0.2, 0.25) is 0 Å². The Labute approximate surface area is 428 Å². The second kappa shape index (κ2) is 23.7. The Morgan fingerprint density at radius 2 is 0.890 bits per heavy atom. The van der Waals surface area contributed by atoms with Gasteiger partial charge in [-0.25, -0.2) is 43.4 Å². The smallest absolute Gasteiger partial charge is 0.496 e. The van der Waals surface area contributed by atoms with Crippen LogP contribution >= 0.6 is 0 Å². The molecule has 0 unspecified atom stereocenters. The molecule has 73 heavy (non-hydrogen) atoms. The van der Waals surface area contributed by atoms with Crippen LogP contribution in [-0.2, 0) is 53.2 Å². The summed E-state index contributed by atoms with van der Waals surface area (Å²) in [5.41, 5.74) is 1.40. The molecule has 0 aliphatic carbocycles. The molecule has 7 rings (SSSR count). The van der Waals surface area contributed by atoms with E-state index in [1.54, 1.807) is 10.9 Å². The summed E-state index contributed by atoms with van der Waals surface area (Å²) in [5, 5.41) is 42.0. The number of aromatic hydroxyl groups is 2.